The molecule has 2 aromatic carbocycles. The Kier molecular flexibility index (Phi) is 5.17. The molecular weight excluding hydrogens is 384 g/mol. The third-order valence-corrected chi connectivity index (χ3v) is 6.82. The molecule has 26 heavy (non-hydrogen) atoms. The molecule has 3 rings (SSSR count). The van der Waals surface area contributed by atoms with Crippen LogP contribution in [-0.2, 0) is 9.84 Å². The van der Waals surface area contributed by atoms with Gasteiger partial charge in [-0.1, -0.05) is 11.6 Å². The van der Waals surface area contributed by atoms with Crippen molar-refractivity contribution in [2.24, 2.45) is 5.92 Å². The fourth-order valence-corrected chi connectivity index (χ4v) is 5.32. The van der Waals surface area contributed by atoms with Crippen LogP contribution in [0, 0.1) is 28.9 Å². The average molecular weight is 398 g/mol. The Bertz CT molecular complexity index is 971. The highest BCUT2D eigenvalue weighted by atomic mass is 35.5. The number of sulfone groups is 1. The highest BCUT2D eigenvalue weighted by molar-refractivity contribution is 7.91. The molecule has 0 bridgehead atoms. The van der Waals surface area contributed by atoms with Gasteiger partial charge in [0.15, 0.2) is 21.4 Å². The largest absolute Gasteiger partial charge is 0.490 e. The fraction of sp³-hybridized carbons (Fsp3) is 0.278. The summed E-state index contributed by atoms with van der Waals surface area (Å²) < 4.78 is 60.4. The lowest BCUT2D eigenvalue weighted by Gasteiger charge is -2.33. The molecule has 2 aromatic rings. The van der Waals surface area contributed by atoms with Gasteiger partial charge in [0.2, 0.25) is 0 Å². The van der Waals surface area contributed by atoms with E-state index in [1.807, 2.05) is 6.07 Å². The zero-order chi connectivity index (χ0) is 18.9. The summed E-state index contributed by atoms with van der Waals surface area (Å²) in [4.78, 5) is -0.0506. The van der Waals surface area contributed by atoms with Crippen LogP contribution in [0.25, 0.3) is 0 Å². The van der Waals surface area contributed by atoms with Gasteiger partial charge in [-0.3, -0.25) is 0 Å². The highest BCUT2D eigenvalue weighted by Crippen LogP contribution is 2.47. The predicted molar refractivity (Wildman–Crippen MR) is 91.6 cm³/mol. The summed E-state index contributed by atoms with van der Waals surface area (Å²) in [5.74, 6) is -2.75. The second kappa shape index (κ2) is 7.22. The van der Waals surface area contributed by atoms with Gasteiger partial charge in [-0.25, -0.2) is 17.2 Å². The minimum atomic E-state index is -4.07. The van der Waals surface area contributed by atoms with E-state index in [1.165, 1.54) is 24.3 Å². The first-order chi connectivity index (χ1) is 12.4. The van der Waals surface area contributed by atoms with E-state index in [0.717, 1.165) is 12.1 Å². The van der Waals surface area contributed by atoms with Gasteiger partial charge >= 0.3 is 0 Å². The monoisotopic (exact) mass is 397 g/mol. The van der Waals surface area contributed by atoms with E-state index in [1.54, 1.807) is 0 Å². The number of ether oxygens (including phenoxy) is 1. The number of hydrogen-bond acceptors (Lipinski definition) is 4. The Morgan fingerprint density at radius 1 is 1.15 bits per heavy atom. The maximum absolute atomic E-state index is 14.5. The smallest absolute Gasteiger partial charge is 0.186 e. The van der Waals surface area contributed by atoms with Gasteiger partial charge in [-0.15, -0.1) is 0 Å². The van der Waals surface area contributed by atoms with E-state index in [-0.39, 0.29) is 35.7 Å². The van der Waals surface area contributed by atoms with E-state index >= 15 is 0 Å². The van der Waals surface area contributed by atoms with Crippen molar-refractivity contribution in [3.63, 3.8) is 0 Å². The number of hydrogen-bond donors (Lipinski definition) is 0. The number of halogens is 3. The molecule has 136 valence electrons. The molecule has 0 saturated carbocycles. The molecule has 0 unspecified atom stereocenters. The lowest BCUT2D eigenvalue weighted by molar-refractivity contribution is 0.196. The first-order valence-electron chi connectivity index (χ1n) is 7.83. The number of rotatable bonds is 4. The second-order valence-corrected chi connectivity index (χ2v) is 8.47. The van der Waals surface area contributed by atoms with E-state index < -0.39 is 32.6 Å². The normalized spacial score (nSPS) is 19.3. The molecular formula is C18H14ClF2NO3S. The Balaban J connectivity index is 2.18. The number of nitrogens with zero attached hydrogens (tertiary/aromatic N) is 1. The molecule has 0 aromatic heterocycles. The Morgan fingerprint density at radius 2 is 1.81 bits per heavy atom. The van der Waals surface area contributed by atoms with E-state index in [0.29, 0.717) is 5.02 Å². The summed E-state index contributed by atoms with van der Waals surface area (Å²) in [6, 6.07) is 9.22. The predicted octanol–water partition coefficient (Wildman–Crippen LogP) is 4.45. The maximum atomic E-state index is 14.5. The van der Waals surface area contributed by atoms with Crippen molar-refractivity contribution in [2.75, 3.05) is 6.61 Å². The molecule has 0 spiro atoms. The van der Waals surface area contributed by atoms with E-state index in [9.17, 15) is 17.2 Å². The van der Waals surface area contributed by atoms with Crippen LogP contribution in [0.15, 0.2) is 41.3 Å². The van der Waals surface area contributed by atoms with Crippen molar-refractivity contribution < 1.29 is 21.9 Å². The SMILES string of the molecule is N#CCC[C@H]1COc2c(F)ccc(F)c2[C@@H]1S(=O)(=O)c1ccc(Cl)cc1. The molecule has 2 atom stereocenters. The zero-order valence-electron chi connectivity index (χ0n) is 13.5. The van der Waals surface area contributed by atoms with E-state index in [2.05, 4.69) is 0 Å². The number of benzene rings is 2. The Hall–Kier alpha value is -2.17. The minimum Gasteiger partial charge on any atom is -0.490 e. The maximum Gasteiger partial charge on any atom is 0.186 e. The number of nitriles is 1. The lowest BCUT2D eigenvalue weighted by Crippen LogP contribution is -2.32. The van der Waals surface area contributed by atoms with Gasteiger partial charge in [0.05, 0.1) is 23.1 Å². The van der Waals surface area contributed by atoms with Gasteiger partial charge < -0.3 is 4.74 Å². The van der Waals surface area contributed by atoms with Gasteiger partial charge in [-0.2, -0.15) is 5.26 Å². The summed E-state index contributed by atoms with van der Waals surface area (Å²) in [7, 11) is -4.07. The van der Waals surface area contributed by atoms with Crippen molar-refractivity contribution in [3.05, 3.63) is 58.6 Å². The summed E-state index contributed by atoms with van der Waals surface area (Å²) in [6.07, 6.45) is 0.260. The molecule has 0 amide bonds. The minimum absolute atomic E-state index is 0.0506. The third-order valence-electron chi connectivity index (χ3n) is 4.35. The van der Waals surface area contributed by atoms with Gasteiger partial charge in [-0.05, 0) is 42.8 Å². The molecule has 0 fully saturated rings. The molecule has 1 aliphatic heterocycles. The van der Waals surface area contributed by atoms with Crippen LogP contribution in [0.1, 0.15) is 23.7 Å². The van der Waals surface area contributed by atoms with Crippen molar-refractivity contribution in [3.8, 4) is 11.8 Å². The van der Waals surface area contributed by atoms with Crippen LogP contribution in [0.3, 0.4) is 0 Å². The van der Waals surface area contributed by atoms with Crippen LogP contribution in [0.2, 0.25) is 5.02 Å². The molecule has 0 saturated heterocycles. The van der Waals surface area contributed by atoms with Crippen LogP contribution < -0.4 is 4.74 Å². The quantitative estimate of drug-likeness (QED) is 0.764. The zero-order valence-corrected chi connectivity index (χ0v) is 15.0. The third kappa shape index (κ3) is 3.27. The van der Waals surface area contributed by atoms with Crippen LogP contribution in [-0.4, -0.2) is 15.0 Å². The van der Waals surface area contributed by atoms with Crippen molar-refractivity contribution >= 4 is 21.4 Å². The fourth-order valence-electron chi connectivity index (χ4n) is 3.14. The molecule has 4 nitrogen and oxygen atoms in total. The lowest BCUT2D eigenvalue weighted by atomic mass is 9.92. The van der Waals surface area contributed by atoms with Crippen LogP contribution in [0.4, 0.5) is 8.78 Å². The molecule has 0 radical (unpaired) electrons. The van der Waals surface area contributed by atoms with Crippen molar-refractivity contribution in [2.45, 2.75) is 23.0 Å². The van der Waals surface area contributed by atoms with Crippen LogP contribution in [0.5, 0.6) is 5.75 Å². The van der Waals surface area contributed by atoms with Gasteiger partial charge in [0, 0.05) is 17.4 Å². The second-order valence-electron chi connectivity index (χ2n) is 5.96. The first-order valence-corrected chi connectivity index (χ1v) is 9.75. The van der Waals surface area contributed by atoms with E-state index in [4.69, 9.17) is 21.6 Å². The topological polar surface area (TPSA) is 67.2 Å². The Labute approximate surface area is 154 Å². The molecule has 1 heterocycles. The average Bonchev–Trinajstić information content (AvgIpc) is 2.62. The molecule has 8 heteroatoms. The van der Waals surface area contributed by atoms with Crippen molar-refractivity contribution in [1.29, 1.82) is 5.26 Å². The summed E-state index contributed by atoms with van der Waals surface area (Å²) in [5, 5.41) is 7.84. The van der Waals surface area contributed by atoms with Gasteiger partial charge in [0.25, 0.3) is 0 Å². The standard InChI is InChI=1S/C18H14ClF2NO3S/c19-12-3-5-13(6-4-12)26(23,24)18-11(2-1-9-22)10-25-17-15(21)8-7-14(20)16(17)18/h3-8,11,18H,1-2,10H2/t11-,18+/m0/s1. The Morgan fingerprint density at radius 3 is 2.46 bits per heavy atom. The summed E-state index contributed by atoms with van der Waals surface area (Å²) in [6.45, 7) is -0.119. The van der Waals surface area contributed by atoms with Crippen molar-refractivity contribution in [1.82, 2.24) is 0 Å². The highest BCUT2D eigenvalue weighted by Gasteiger charge is 2.43. The molecule has 0 N–H and O–H groups in total. The summed E-state index contributed by atoms with van der Waals surface area (Å²) >= 11 is 5.81. The number of fused-ring (bicyclic) bond motifs is 1. The molecule has 1 aliphatic rings. The first kappa shape index (κ1) is 18.6. The van der Waals surface area contributed by atoms with Gasteiger partial charge in [0.1, 0.15) is 11.1 Å². The van der Waals surface area contributed by atoms with Crippen LogP contribution >= 0.6 is 11.6 Å². The molecule has 0 aliphatic carbocycles. The summed E-state index contributed by atoms with van der Waals surface area (Å²) in [5.41, 5.74) is -0.325.